The molecule has 1 N–H and O–H groups in total. The quantitative estimate of drug-likeness (QED) is 0.109. The molecule has 0 radical (unpaired) electrons. The van der Waals surface area contributed by atoms with E-state index < -0.39 is 18.0 Å². The van der Waals surface area contributed by atoms with Gasteiger partial charge in [-0.2, -0.15) is 5.10 Å². The summed E-state index contributed by atoms with van der Waals surface area (Å²) >= 11 is 0. The second-order valence-corrected chi connectivity index (χ2v) is 8.84. The number of nitrogens with one attached hydrogen (secondary N) is 1. The first-order valence-electron chi connectivity index (χ1n) is 12.5. The minimum absolute atomic E-state index is 0.336. The Balaban J connectivity index is 1.28. The van der Waals surface area contributed by atoms with Crippen LogP contribution >= 0.6 is 0 Å². The molecule has 0 spiro atoms. The van der Waals surface area contributed by atoms with E-state index in [4.69, 9.17) is 9.47 Å². The molecule has 0 bridgehead atoms. The zero-order chi connectivity index (χ0) is 27.0. The fourth-order valence-corrected chi connectivity index (χ4v) is 4.10. The molecule has 6 heteroatoms. The van der Waals surface area contributed by atoms with Crippen molar-refractivity contribution in [1.82, 2.24) is 5.43 Å². The Morgan fingerprint density at radius 1 is 0.744 bits per heavy atom. The lowest BCUT2D eigenvalue weighted by atomic mass is 10.0. The van der Waals surface area contributed by atoms with Crippen LogP contribution < -0.4 is 14.9 Å². The van der Waals surface area contributed by atoms with E-state index in [1.165, 1.54) is 6.21 Å². The third-order valence-corrected chi connectivity index (χ3v) is 6.15. The molecule has 0 aromatic heterocycles. The van der Waals surface area contributed by atoms with Gasteiger partial charge in [-0.15, -0.1) is 0 Å². The minimum Gasteiger partial charge on any atom is -0.481 e. The number of hydrogen-bond acceptors (Lipinski definition) is 5. The number of carbonyl (C=O) groups excluding carboxylic acids is 2. The number of esters is 1. The molecule has 0 unspecified atom stereocenters. The molecular weight excluding hydrogens is 488 g/mol. The summed E-state index contributed by atoms with van der Waals surface area (Å²) in [5, 5.41) is 5.93. The first-order chi connectivity index (χ1) is 19.1. The number of rotatable bonds is 8. The summed E-state index contributed by atoms with van der Waals surface area (Å²) in [4.78, 5) is 25.4. The van der Waals surface area contributed by atoms with Crippen molar-refractivity contribution in [3.8, 4) is 22.6 Å². The van der Waals surface area contributed by atoms with Crippen molar-refractivity contribution in [3.05, 3.63) is 132 Å². The molecule has 39 heavy (non-hydrogen) atoms. The Bertz CT molecular complexity index is 1620. The molecule has 0 aliphatic heterocycles. The predicted octanol–water partition coefficient (Wildman–Crippen LogP) is 6.64. The van der Waals surface area contributed by atoms with Gasteiger partial charge in [0.05, 0.1) is 11.8 Å². The average Bonchev–Trinajstić information content (AvgIpc) is 2.99. The zero-order valence-electron chi connectivity index (χ0n) is 21.3. The number of ether oxygens (including phenoxy) is 2. The highest BCUT2D eigenvalue weighted by Gasteiger charge is 2.16. The molecule has 0 heterocycles. The molecule has 0 aliphatic carbocycles. The van der Waals surface area contributed by atoms with E-state index in [0.29, 0.717) is 22.6 Å². The van der Waals surface area contributed by atoms with Gasteiger partial charge in [-0.05, 0) is 59.2 Å². The van der Waals surface area contributed by atoms with E-state index >= 15 is 0 Å². The second kappa shape index (κ2) is 11.9. The van der Waals surface area contributed by atoms with Gasteiger partial charge < -0.3 is 9.47 Å². The average molecular weight is 515 g/mol. The van der Waals surface area contributed by atoms with E-state index in [2.05, 4.69) is 10.5 Å². The molecule has 5 aromatic rings. The highest BCUT2D eigenvalue weighted by atomic mass is 16.5. The maximum atomic E-state index is 12.7. The number of hydrazone groups is 1. The zero-order valence-corrected chi connectivity index (χ0v) is 21.3. The van der Waals surface area contributed by atoms with Crippen LogP contribution in [0.2, 0.25) is 0 Å². The Kier molecular flexibility index (Phi) is 7.74. The monoisotopic (exact) mass is 514 g/mol. The molecule has 1 amide bonds. The van der Waals surface area contributed by atoms with Gasteiger partial charge in [0.2, 0.25) is 0 Å². The van der Waals surface area contributed by atoms with Gasteiger partial charge in [0, 0.05) is 5.56 Å². The molecule has 0 fully saturated rings. The summed E-state index contributed by atoms with van der Waals surface area (Å²) < 4.78 is 11.5. The topological polar surface area (TPSA) is 77.0 Å². The largest absolute Gasteiger partial charge is 0.481 e. The van der Waals surface area contributed by atoms with Crippen LogP contribution in [-0.2, 0) is 4.79 Å². The van der Waals surface area contributed by atoms with Crippen molar-refractivity contribution >= 4 is 28.9 Å². The number of fused-ring (bicyclic) bond motifs is 1. The Hall–Kier alpha value is -5.23. The van der Waals surface area contributed by atoms with Crippen LogP contribution in [0.3, 0.4) is 0 Å². The lowest BCUT2D eigenvalue weighted by Crippen LogP contribution is -2.33. The number of nitrogens with zero attached hydrogens (tertiary/aromatic N) is 1. The lowest BCUT2D eigenvalue weighted by Gasteiger charge is -2.14. The van der Waals surface area contributed by atoms with E-state index in [1.807, 2.05) is 91.0 Å². The molecule has 5 rings (SSSR count). The number of hydrogen-bond donors (Lipinski definition) is 1. The Labute approximate surface area is 226 Å². The van der Waals surface area contributed by atoms with Gasteiger partial charge >= 0.3 is 5.97 Å². The Morgan fingerprint density at radius 3 is 2.13 bits per heavy atom. The van der Waals surface area contributed by atoms with Gasteiger partial charge in [0.1, 0.15) is 11.5 Å². The van der Waals surface area contributed by atoms with Crippen molar-refractivity contribution < 1.29 is 19.1 Å². The van der Waals surface area contributed by atoms with Crippen molar-refractivity contribution in [2.75, 3.05) is 0 Å². The van der Waals surface area contributed by atoms with Crippen LogP contribution in [0.5, 0.6) is 11.5 Å². The highest BCUT2D eigenvalue weighted by molar-refractivity contribution is 6.04. The van der Waals surface area contributed by atoms with Crippen LogP contribution in [-0.4, -0.2) is 24.2 Å². The SMILES string of the molecule is C[C@H](Oc1ccc(-c2ccccc2)cc1)C(=O)N/N=C\c1c(OC(=O)c2ccccc2)ccc2ccccc12. The predicted molar refractivity (Wildman–Crippen MR) is 153 cm³/mol. The molecule has 0 aliphatic rings. The van der Waals surface area contributed by atoms with Crippen LogP contribution in [0.1, 0.15) is 22.8 Å². The summed E-state index contributed by atoms with van der Waals surface area (Å²) in [6.07, 6.45) is 0.697. The summed E-state index contributed by atoms with van der Waals surface area (Å²) in [7, 11) is 0. The molecule has 192 valence electrons. The highest BCUT2D eigenvalue weighted by Crippen LogP contribution is 2.27. The summed E-state index contributed by atoms with van der Waals surface area (Å²) in [6, 6.07) is 37.6. The maximum absolute atomic E-state index is 12.7. The normalized spacial score (nSPS) is 11.7. The van der Waals surface area contributed by atoms with Crippen molar-refractivity contribution in [2.24, 2.45) is 5.10 Å². The first kappa shape index (κ1) is 25.4. The van der Waals surface area contributed by atoms with Gasteiger partial charge in [0.25, 0.3) is 5.91 Å². The number of amides is 1. The summed E-state index contributed by atoms with van der Waals surface area (Å²) in [6.45, 7) is 1.65. The first-order valence-corrected chi connectivity index (χ1v) is 12.5. The molecule has 0 saturated heterocycles. The van der Waals surface area contributed by atoms with Crippen molar-refractivity contribution in [2.45, 2.75) is 13.0 Å². The molecule has 5 aromatic carbocycles. The molecule has 6 nitrogen and oxygen atoms in total. The van der Waals surface area contributed by atoms with E-state index in [9.17, 15) is 9.59 Å². The van der Waals surface area contributed by atoms with Crippen LogP contribution in [0.25, 0.3) is 21.9 Å². The van der Waals surface area contributed by atoms with Crippen LogP contribution in [0, 0.1) is 0 Å². The molecule has 1 atom stereocenters. The van der Waals surface area contributed by atoms with Gasteiger partial charge in [-0.3, -0.25) is 4.79 Å². The van der Waals surface area contributed by atoms with Gasteiger partial charge in [-0.25, -0.2) is 10.2 Å². The van der Waals surface area contributed by atoms with E-state index in [1.54, 1.807) is 37.3 Å². The van der Waals surface area contributed by atoms with Crippen molar-refractivity contribution in [3.63, 3.8) is 0 Å². The molecule has 0 saturated carbocycles. The number of carbonyl (C=O) groups is 2. The minimum atomic E-state index is -0.785. The third-order valence-electron chi connectivity index (χ3n) is 6.15. The fraction of sp³-hybridized carbons (Fsp3) is 0.0606. The van der Waals surface area contributed by atoms with E-state index in [0.717, 1.165) is 21.9 Å². The smallest absolute Gasteiger partial charge is 0.343 e. The van der Waals surface area contributed by atoms with E-state index in [-0.39, 0.29) is 0 Å². The van der Waals surface area contributed by atoms with Crippen molar-refractivity contribution in [1.29, 1.82) is 0 Å². The number of benzene rings is 5. The van der Waals surface area contributed by atoms with Gasteiger partial charge in [0.15, 0.2) is 6.10 Å². The summed E-state index contributed by atoms with van der Waals surface area (Å²) in [5.41, 5.74) is 5.70. The third kappa shape index (κ3) is 6.19. The van der Waals surface area contributed by atoms with Crippen LogP contribution in [0.4, 0.5) is 0 Å². The fourth-order valence-electron chi connectivity index (χ4n) is 4.10. The molecular formula is C33H26N2O4. The standard InChI is InChI=1S/C33H26N2O4/c1-23(38-28-19-16-25(17-20-28)24-10-4-2-5-11-24)32(36)35-34-22-30-29-15-9-8-12-26(29)18-21-31(30)39-33(37)27-13-6-3-7-14-27/h2-23H,1H3,(H,35,36)/b34-22-/t23-/m0/s1. The van der Waals surface area contributed by atoms with Gasteiger partial charge in [-0.1, -0.05) is 91.0 Å². The summed E-state index contributed by atoms with van der Waals surface area (Å²) in [5.74, 6) is 0.0140. The maximum Gasteiger partial charge on any atom is 0.343 e. The Morgan fingerprint density at radius 2 is 1.38 bits per heavy atom. The second-order valence-electron chi connectivity index (χ2n) is 8.84. The van der Waals surface area contributed by atoms with Crippen LogP contribution in [0.15, 0.2) is 126 Å². The lowest BCUT2D eigenvalue weighted by molar-refractivity contribution is -0.127.